The van der Waals surface area contributed by atoms with Crippen molar-refractivity contribution in [1.82, 2.24) is 19.7 Å². The molecule has 0 N–H and O–H groups in total. The summed E-state index contributed by atoms with van der Waals surface area (Å²) in [5, 5.41) is 9.21. The highest BCUT2D eigenvalue weighted by Crippen LogP contribution is 2.31. The fourth-order valence-electron chi connectivity index (χ4n) is 3.96. The second-order valence-electron chi connectivity index (χ2n) is 8.26. The van der Waals surface area contributed by atoms with Crippen LogP contribution in [-0.4, -0.2) is 83.9 Å². The van der Waals surface area contributed by atoms with Crippen molar-refractivity contribution in [2.75, 3.05) is 57.2 Å². The summed E-state index contributed by atoms with van der Waals surface area (Å²) in [5.74, 6) is 1.70. The molecule has 1 fully saturated rings. The molecule has 5 rings (SSSR count). The van der Waals surface area contributed by atoms with E-state index < -0.39 is 0 Å². The van der Waals surface area contributed by atoms with Crippen molar-refractivity contribution in [1.29, 1.82) is 0 Å². The summed E-state index contributed by atoms with van der Waals surface area (Å²) in [7, 11) is 1.74. The van der Waals surface area contributed by atoms with Crippen LogP contribution in [0.5, 0.6) is 11.5 Å². The Balaban J connectivity index is 1.26. The number of carbonyl (C=O) groups excluding carboxylic acids is 1. The van der Waals surface area contributed by atoms with Crippen LogP contribution in [0.3, 0.4) is 0 Å². The molecule has 0 radical (unpaired) electrons. The van der Waals surface area contributed by atoms with Gasteiger partial charge in [-0.25, -0.2) is 4.39 Å². The summed E-state index contributed by atoms with van der Waals surface area (Å²) < 4.78 is 33.0. The van der Waals surface area contributed by atoms with Gasteiger partial charge in [0.05, 0.1) is 31.2 Å². The van der Waals surface area contributed by atoms with E-state index in [1.165, 1.54) is 23.9 Å². The molecule has 1 aromatic heterocycles. The highest BCUT2D eigenvalue weighted by Gasteiger charge is 2.26. The number of benzene rings is 2. The highest BCUT2D eigenvalue weighted by atomic mass is 32.2. The number of carbonyl (C=O) groups is 1. The Hall–Kier alpha value is -3.31. The topological polar surface area (TPSA) is 82.0 Å². The molecule has 11 heteroatoms. The number of halogens is 1. The molecule has 9 nitrogen and oxygen atoms in total. The molecule has 1 amide bonds. The maximum Gasteiger partial charge on any atom is 0.232 e. The summed E-state index contributed by atoms with van der Waals surface area (Å²) >= 11 is 1.27. The zero-order valence-corrected chi connectivity index (χ0v) is 20.1. The van der Waals surface area contributed by atoms with Gasteiger partial charge in [-0.2, -0.15) is 0 Å². The van der Waals surface area contributed by atoms with Gasteiger partial charge in [0.25, 0.3) is 0 Å². The molecule has 2 aliphatic heterocycles. The van der Waals surface area contributed by atoms with E-state index in [9.17, 15) is 9.18 Å². The number of aromatic nitrogens is 3. The van der Waals surface area contributed by atoms with Crippen LogP contribution in [0.1, 0.15) is 0 Å². The molecule has 1 atom stereocenters. The first-order valence-electron chi connectivity index (χ1n) is 11.4. The van der Waals surface area contributed by atoms with Gasteiger partial charge in [0.15, 0.2) is 22.8 Å². The third-order valence-electron chi connectivity index (χ3n) is 5.77. The fourth-order valence-corrected chi connectivity index (χ4v) is 4.85. The van der Waals surface area contributed by atoms with Crippen LogP contribution in [0, 0.1) is 5.82 Å². The quantitative estimate of drug-likeness (QED) is 0.459. The minimum atomic E-state index is -0.354. The fraction of sp³-hybridized carbons (Fsp3) is 0.375. The van der Waals surface area contributed by atoms with E-state index in [4.69, 9.17) is 14.2 Å². The van der Waals surface area contributed by atoms with Crippen LogP contribution in [0.4, 0.5) is 10.3 Å². The van der Waals surface area contributed by atoms with E-state index in [1.54, 1.807) is 28.6 Å². The molecular formula is C24H26FN5O4S. The van der Waals surface area contributed by atoms with Crippen LogP contribution < -0.4 is 14.4 Å². The third-order valence-corrected chi connectivity index (χ3v) is 6.69. The van der Waals surface area contributed by atoms with E-state index in [0.29, 0.717) is 67.7 Å². The lowest BCUT2D eigenvalue weighted by Gasteiger charge is -2.29. The Kier molecular flexibility index (Phi) is 7.05. The molecule has 3 aromatic rings. The minimum Gasteiger partial charge on any atom is -0.486 e. The first-order chi connectivity index (χ1) is 17.1. The number of hydrogen-bond donors (Lipinski definition) is 0. The van der Waals surface area contributed by atoms with Crippen LogP contribution in [0.2, 0.25) is 0 Å². The van der Waals surface area contributed by atoms with Gasteiger partial charge in [-0.15, -0.1) is 10.2 Å². The zero-order valence-electron chi connectivity index (χ0n) is 19.3. The van der Waals surface area contributed by atoms with Gasteiger partial charge in [-0.1, -0.05) is 30.0 Å². The van der Waals surface area contributed by atoms with Crippen LogP contribution in [-0.2, 0) is 9.53 Å². The van der Waals surface area contributed by atoms with Gasteiger partial charge >= 0.3 is 0 Å². The van der Waals surface area contributed by atoms with Gasteiger partial charge in [0.2, 0.25) is 11.9 Å². The van der Waals surface area contributed by atoms with Crippen molar-refractivity contribution in [3.8, 4) is 17.2 Å². The zero-order chi connectivity index (χ0) is 24.2. The Labute approximate surface area is 206 Å². The molecule has 0 aliphatic carbocycles. The number of hydrogen-bond acceptors (Lipinski definition) is 8. The van der Waals surface area contributed by atoms with Crippen molar-refractivity contribution >= 4 is 23.6 Å². The maximum atomic E-state index is 14.0. The number of likely N-dealkylation sites (N-methyl/N-ethyl adjacent to an activating group) is 1. The van der Waals surface area contributed by atoms with Gasteiger partial charge < -0.3 is 24.0 Å². The predicted molar refractivity (Wildman–Crippen MR) is 129 cm³/mol. The molecule has 1 saturated heterocycles. The van der Waals surface area contributed by atoms with Crippen molar-refractivity contribution < 1.29 is 23.4 Å². The summed E-state index contributed by atoms with van der Waals surface area (Å²) in [6.07, 6.45) is -0.257. The molecule has 2 aliphatic rings. The number of thioether (sulfide) groups is 1. The number of morpholine rings is 1. The Bertz CT molecular complexity index is 1190. The summed E-state index contributed by atoms with van der Waals surface area (Å²) in [5.41, 5.74) is 0.603. The smallest absolute Gasteiger partial charge is 0.232 e. The van der Waals surface area contributed by atoms with Crippen molar-refractivity contribution in [2.24, 2.45) is 0 Å². The standard InChI is InChI=1S/C24H26FN5O4S/c1-28(14-19-15-33-20-7-2-3-8-21(20)34-19)22(31)16-35-24-27-26-23(29-9-11-32-12-10-29)30(24)18-6-4-5-17(25)13-18/h2-8,13,19H,9-12,14-16H2,1H3/t19-/m0/s1. The van der Waals surface area contributed by atoms with Crippen LogP contribution in [0.25, 0.3) is 5.69 Å². The molecule has 2 aromatic carbocycles. The van der Waals surface area contributed by atoms with Gasteiger partial charge in [-0.05, 0) is 30.3 Å². The lowest BCUT2D eigenvalue weighted by atomic mass is 10.2. The summed E-state index contributed by atoms with van der Waals surface area (Å²) in [4.78, 5) is 16.6. The number of para-hydroxylation sites is 2. The average Bonchev–Trinajstić information content (AvgIpc) is 3.31. The number of rotatable bonds is 7. The Morgan fingerprint density at radius 1 is 1.14 bits per heavy atom. The summed E-state index contributed by atoms with van der Waals surface area (Å²) in [6.45, 7) is 3.25. The minimum absolute atomic E-state index is 0.0841. The van der Waals surface area contributed by atoms with Crippen molar-refractivity contribution in [2.45, 2.75) is 11.3 Å². The third kappa shape index (κ3) is 5.35. The first-order valence-corrected chi connectivity index (χ1v) is 12.4. The van der Waals surface area contributed by atoms with E-state index in [2.05, 4.69) is 15.1 Å². The highest BCUT2D eigenvalue weighted by molar-refractivity contribution is 7.99. The number of ether oxygens (including phenoxy) is 3. The summed E-state index contributed by atoms with van der Waals surface area (Å²) in [6, 6.07) is 13.8. The molecule has 0 spiro atoms. The maximum absolute atomic E-state index is 14.0. The van der Waals surface area contributed by atoms with Crippen molar-refractivity contribution in [3.05, 3.63) is 54.3 Å². The van der Waals surface area contributed by atoms with E-state index in [-0.39, 0.29) is 23.6 Å². The Morgan fingerprint density at radius 2 is 1.94 bits per heavy atom. The van der Waals surface area contributed by atoms with E-state index in [1.807, 2.05) is 24.3 Å². The number of amides is 1. The lowest BCUT2D eigenvalue weighted by molar-refractivity contribution is -0.128. The molecule has 184 valence electrons. The monoisotopic (exact) mass is 499 g/mol. The van der Waals surface area contributed by atoms with Crippen LogP contribution in [0.15, 0.2) is 53.7 Å². The molecule has 0 saturated carbocycles. The SMILES string of the molecule is CN(C[C@H]1COc2ccccc2O1)C(=O)CSc1nnc(N2CCOCC2)n1-c1cccc(F)c1. The number of anilines is 1. The predicted octanol–water partition coefficient (Wildman–Crippen LogP) is 2.63. The molecule has 0 bridgehead atoms. The molecule has 3 heterocycles. The first kappa shape index (κ1) is 23.4. The second kappa shape index (κ2) is 10.5. The van der Waals surface area contributed by atoms with Gasteiger partial charge in [0, 0.05) is 20.1 Å². The normalized spacial score (nSPS) is 17.3. The van der Waals surface area contributed by atoms with Gasteiger partial charge in [0.1, 0.15) is 12.4 Å². The van der Waals surface area contributed by atoms with Crippen LogP contribution >= 0.6 is 11.8 Å². The Morgan fingerprint density at radius 3 is 2.74 bits per heavy atom. The molecular weight excluding hydrogens is 473 g/mol. The average molecular weight is 500 g/mol. The van der Waals surface area contributed by atoms with E-state index >= 15 is 0 Å². The largest absolute Gasteiger partial charge is 0.486 e. The second-order valence-corrected chi connectivity index (χ2v) is 9.20. The van der Waals surface area contributed by atoms with Crippen molar-refractivity contribution in [3.63, 3.8) is 0 Å². The number of nitrogens with zero attached hydrogens (tertiary/aromatic N) is 5. The van der Waals surface area contributed by atoms with E-state index in [0.717, 1.165) is 0 Å². The number of fused-ring (bicyclic) bond motifs is 1. The van der Waals surface area contributed by atoms with Gasteiger partial charge in [-0.3, -0.25) is 9.36 Å². The molecule has 0 unspecified atom stereocenters. The lowest BCUT2D eigenvalue weighted by Crippen LogP contribution is -2.42. The molecule has 35 heavy (non-hydrogen) atoms.